The normalized spacial score (nSPS) is 26.3. The molecule has 1 aromatic rings. The van der Waals surface area contributed by atoms with Gasteiger partial charge in [-0.3, -0.25) is 0 Å². The second-order valence-corrected chi connectivity index (χ2v) is 4.52. The molecule has 0 bridgehead atoms. The van der Waals surface area contributed by atoms with Gasteiger partial charge < -0.3 is 31.9 Å². The number of aliphatic hydroxyl groups excluding tert-OH is 1. The third-order valence-corrected chi connectivity index (χ3v) is 3.00. The summed E-state index contributed by atoms with van der Waals surface area (Å²) in [5.41, 5.74) is 15.7. The number of benzene rings is 1. The zero-order valence-corrected chi connectivity index (χ0v) is 11.2. The van der Waals surface area contributed by atoms with Crippen molar-refractivity contribution in [1.82, 2.24) is 0 Å². The first-order valence-electron chi connectivity index (χ1n) is 6.16. The van der Waals surface area contributed by atoms with Crippen LogP contribution < -0.4 is 22.1 Å². The molecule has 0 aliphatic carbocycles. The summed E-state index contributed by atoms with van der Waals surface area (Å²) in [6, 6.07) is 4.24. The van der Waals surface area contributed by atoms with Gasteiger partial charge >= 0.3 is 0 Å². The summed E-state index contributed by atoms with van der Waals surface area (Å²) in [6.45, 7) is 0.173. The molecule has 1 aromatic carbocycles. The molecule has 0 amide bonds. The van der Waals surface area contributed by atoms with Crippen molar-refractivity contribution in [2.75, 3.05) is 18.0 Å². The monoisotopic (exact) mass is 296 g/mol. The highest BCUT2D eigenvalue weighted by molar-refractivity contribution is 5.72. The van der Waals surface area contributed by atoms with E-state index in [9.17, 15) is 9.50 Å². The first-order chi connectivity index (χ1) is 9.99. The van der Waals surface area contributed by atoms with Crippen molar-refractivity contribution >= 4 is 24.1 Å². The van der Waals surface area contributed by atoms with E-state index in [1.165, 1.54) is 17.0 Å². The van der Waals surface area contributed by atoms with Crippen LogP contribution in [0.15, 0.2) is 28.2 Å². The van der Waals surface area contributed by atoms with E-state index in [2.05, 4.69) is 9.98 Å². The SMILES string of the molecule is NC=NC=Nc1ccc(N2CC(N)(CN)OC2O)cc1F. The Hall–Kier alpha value is -2.07. The molecule has 9 heteroatoms. The number of nitrogens with two attached hydrogens (primary N) is 3. The highest BCUT2D eigenvalue weighted by Crippen LogP contribution is 2.30. The van der Waals surface area contributed by atoms with Crippen molar-refractivity contribution in [2.45, 2.75) is 12.1 Å². The molecule has 0 spiro atoms. The maximum Gasteiger partial charge on any atom is 0.239 e. The summed E-state index contributed by atoms with van der Waals surface area (Å²) >= 11 is 0. The summed E-state index contributed by atoms with van der Waals surface area (Å²) in [5, 5.41) is 9.83. The maximum absolute atomic E-state index is 13.9. The smallest absolute Gasteiger partial charge is 0.239 e. The third kappa shape index (κ3) is 3.34. The van der Waals surface area contributed by atoms with Crippen molar-refractivity contribution in [2.24, 2.45) is 27.2 Å². The van der Waals surface area contributed by atoms with Crippen molar-refractivity contribution in [3.05, 3.63) is 24.0 Å². The van der Waals surface area contributed by atoms with E-state index < -0.39 is 18.0 Å². The van der Waals surface area contributed by atoms with Gasteiger partial charge in [0.1, 0.15) is 12.0 Å². The van der Waals surface area contributed by atoms with E-state index in [0.717, 1.165) is 12.7 Å². The van der Waals surface area contributed by atoms with Crippen LogP contribution in [0.4, 0.5) is 15.8 Å². The molecule has 0 aromatic heterocycles. The standard InChI is InChI=1S/C12H17FN6O2/c13-9-3-8(1-2-10(9)18-7-17-6-15)19-5-12(16,4-14)21-11(19)20/h1-3,6-7,11,20H,4-5,14,16H2,(H2,15,17,18). The molecule has 0 saturated carbocycles. The third-order valence-electron chi connectivity index (χ3n) is 3.00. The quantitative estimate of drug-likeness (QED) is 0.424. The Bertz CT molecular complexity index is 567. The molecule has 7 N–H and O–H groups in total. The van der Waals surface area contributed by atoms with Gasteiger partial charge in [0.15, 0.2) is 11.5 Å². The van der Waals surface area contributed by atoms with Crippen LogP contribution in [-0.2, 0) is 4.74 Å². The molecular weight excluding hydrogens is 279 g/mol. The minimum absolute atomic E-state index is 0.0303. The highest BCUT2D eigenvalue weighted by Gasteiger charge is 2.41. The van der Waals surface area contributed by atoms with Gasteiger partial charge in [-0.05, 0) is 18.2 Å². The van der Waals surface area contributed by atoms with E-state index in [-0.39, 0.29) is 18.8 Å². The summed E-state index contributed by atoms with van der Waals surface area (Å²) in [6.07, 6.45) is 0.890. The molecule has 8 nitrogen and oxygen atoms in total. The molecule has 114 valence electrons. The molecule has 1 fully saturated rings. The van der Waals surface area contributed by atoms with Gasteiger partial charge in [0.05, 0.1) is 12.9 Å². The number of aliphatic hydroxyl groups is 1. The molecule has 1 heterocycles. The van der Waals surface area contributed by atoms with Crippen molar-refractivity contribution in [3.8, 4) is 0 Å². The number of halogens is 1. The topological polar surface area (TPSA) is 135 Å². The number of rotatable bonds is 4. The summed E-state index contributed by atoms with van der Waals surface area (Å²) < 4.78 is 19.1. The Morgan fingerprint density at radius 1 is 1.57 bits per heavy atom. The maximum atomic E-state index is 13.9. The van der Waals surface area contributed by atoms with E-state index in [1.807, 2.05) is 0 Å². The van der Waals surface area contributed by atoms with E-state index in [0.29, 0.717) is 5.69 Å². The van der Waals surface area contributed by atoms with Crippen LogP contribution in [-0.4, -0.2) is 43.0 Å². The fourth-order valence-electron chi connectivity index (χ4n) is 1.92. The minimum Gasteiger partial charge on any atom is -0.390 e. The number of aliphatic imine (C=N–C) groups is 2. The van der Waals surface area contributed by atoms with Gasteiger partial charge in [-0.15, -0.1) is 0 Å². The number of hydrogen-bond donors (Lipinski definition) is 4. The van der Waals surface area contributed by atoms with Crippen molar-refractivity contribution < 1.29 is 14.2 Å². The van der Waals surface area contributed by atoms with Crippen LogP contribution in [0.1, 0.15) is 0 Å². The molecule has 0 radical (unpaired) electrons. The Kier molecular flexibility index (Phi) is 4.48. The molecule has 1 aliphatic rings. The average molecular weight is 296 g/mol. The van der Waals surface area contributed by atoms with Gasteiger partial charge in [0.2, 0.25) is 6.41 Å². The lowest BCUT2D eigenvalue weighted by Crippen LogP contribution is -2.50. The van der Waals surface area contributed by atoms with Gasteiger partial charge in [0, 0.05) is 12.2 Å². The van der Waals surface area contributed by atoms with Crippen molar-refractivity contribution in [3.63, 3.8) is 0 Å². The number of anilines is 1. The fourth-order valence-corrected chi connectivity index (χ4v) is 1.92. The summed E-state index contributed by atoms with van der Waals surface area (Å²) in [7, 11) is 0. The van der Waals surface area contributed by atoms with E-state index in [1.54, 1.807) is 6.07 Å². The Balaban J connectivity index is 2.21. The highest BCUT2D eigenvalue weighted by atomic mass is 19.1. The zero-order valence-electron chi connectivity index (χ0n) is 11.2. The van der Waals surface area contributed by atoms with Gasteiger partial charge in [-0.2, -0.15) is 0 Å². The molecule has 1 aliphatic heterocycles. The van der Waals surface area contributed by atoms with Crippen LogP contribution in [0.2, 0.25) is 0 Å². The minimum atomic E-state index is -1.28. The number of ether oxygens (including phenoxy) is 1. The molecular formula is C12H17FN6O2. The predicted molar refractivity (Wildman–Crippen MR) is 77.6 cm³/mol. The number of nitrogens with zero attached hydrogens (tertiary/aromatic N) is 3. The molecule has 21 heavy (non-hydrogen) atoms. The number of hydrogen-bond acceptors (Lipinski definition) is 6. The lowest BCUT2D eigenvalue weighted by atomic mass is 10.2. The van der Waals surface area contributed by atoms with Crippen molar-refractivity contribution in [1.29, 1.82) is 0 Å². The van der Waals surface area contributed by atoms with Gasteiger partial charge in [-0.25, -0.2) is 14.4 Å². The molecule has 2 unspecified atom stereocenters. The lowest BCUT2D eigenvalue weighted by Gasteiger charge is -2.21. The first-order valence-corrected chi connectivity index (χ1v) is 6.16. The lowest BCUT2D eigenvalue weighted by molar-refractivity contribution is -0.128. The van der Waals surface area contributed by atoms with Gasteiger partial charge in [-0.1, -0.05) is 0 Å². The average Bonchev–Trinajstić information content (AvgIpc) is 2.77. The van der Waals surface area contributed by atoms with E-state index >= 15 is 0 Å². The summed E-state index contributed by atoms with van der Waals surface area (Å²) in [5.74, 6) is -0.578. The zero-order chi connectivity index (χ0) is 15.5. The largest absolute Gasteiger partial charge is 0.390 e. The van der Waals surface area contributed by atoms with Crippen LogP contribution >= 0.6 is 0 Å². The fraction of sp³-hybridized carbons (Fsp3) is 0.333. The van der Waals surface area contributed by atoms with Crippen LogP contribution in [0.25, 0.3) is 0 Å². The Morgan fingerprint density at radius 2 is 2.33 bits per heavy atom. The Morgan fingerprint density at radius 3 is 2.90 bits per heavy atom. The van der Waals surface area contributed by atoms with Gasteiger partial charge in [0.25, 0.3) is 0 Å². The molecule has 1 saturated heterocycles. The van der Waals surface area contributed by atoms with Crippen LogP contribution in [0.5, 0.6) is 0 Å². The summed E-state index contributed by atoms with van der Waals surface area (Å²) in [4.78, 5) is 8.74. The second-order valence-electron chi connectivity index (χ2n) is 4.52. The molecule has 2 atom stereocenters. The first kappa shape index (κ1) is 15.3. The predicted octanol–water partition coefficient (Wildman–Crippen LogP) is -0.801. The van der Waals surface area contributed by atoms with Crippen LogP contribution in [0.3, 0.4) is 0 Å². The Labute approximate surface area is 120 Å². The van der Waals surface area contributed by atoms with E-state index in [4.69, 9.17) is 21.9 Å². The second kappa shape index (κ2) is 6.14. The van der Waals surface area contributed by atoms with Crippen LogP contribution in [0, 0.1) is 5.82 Å². The molecule has 2 rings (SSSR count).